The van der Waals surface area contributed by atoms with Gasteiger partial charge < -0.3 is 9.15 Å². The van der Waals surface area contributed by atoms with Crippen LogP contribution in [0.5, 0.6) is 5.75 Å². The van der Waals surface area contributed by atoms with Gasteiger partial charge in [-0.3, -0.25) is 10.1 Å². The van der Waals surface area contributed by atoms with Gasteiger partial charge in [-0.25, -0.2) is 8.42 Å². The van der Waals surface area contributed by atoms with Gasteiger partial charge in [-0.05, 0) is 68.3 Å². The Balaban J connectivity index is 1.41. The van der Waals surface area contributed by atoms with E-state index >= 15 is 0 Å². The lowest BCUT2D eigenvalue weighted by Gasteiger charge is -2.30. The second-order valence-corrected chi connectivity index (χ2v) is 9.89. The molecule has 0 saturated carbocycles. The van der Waals surface area contributed by atoms with Gasteiger partial charge in [0.05, 0.1) is 17.4 Å². The second kappa shape index (κ2) is 9.90. The van der Waals surface area contributed by atoms with Gasteiger partial charge in [-0.1, -0.05) is 16.7 Å². The number of nitrogens with one attached hydrogen (secondary N) is 1. The fourth-order valence-corrected chi connectivity index (χ4v) is 5.24. The number of nitrogens with zero attached hydrogens (tertiary/aromatic N) is 3. The van der Waals surface area contributed by atoms with Crippen LogP contribution >= 0.6 is 11.6 Å². The standard InChI is InChI=1S/C22H23ClN4O5S/c1-2-31-18-9-5-15(6-10-18)21-25-26-22(32-21)24-20(28)16-4-3-13-27(14-16)33(29,30)19-11-7-17(23)8-12-19/h5-12,16H,2-4,13-14H2,1H3,(H,24,26,28). The van der Waals surface area contributed by atoms with E-state index in [1.165, 1.54) is 28.6 Å². The average molecular weight is 491 g/mol. The van der Waals surface area contributed by atoms with Crippen molar-refractivity contribution in [2.45, 2.75) is 24.7 Å². The minimum atomic E-state index is -3.72. The van der Waals surface area contributed by atoms with Crippen molar-refractivity contribution in [2.24, 2.45) is 5.92 Å². The Bertz CT molecular complexity index is 1210. The van der Waals surface area contributed by atoms with Crippen LogP contribution in [0.25, 0.3) is 11.5 Å². The normalized spacial score (nSPS) is 17.0. The van der Waals surface area contributed by atoms with Gasteiger partial charge >= 0.3 is 6.01 Å². The zero-order valence-electron chi connectivity index (χ0n) is 17.9. The van der Waals surface area contributed by atoms with Crippen molar-refractivity contribution in [3.63, 3.8) is 0 Å². The van der Waals surface area contributed by atoms with E-state index in [1.54, 1.807) is 24.3 Å². The van der Waals surface area contributed by atoms with Gasteiger partial charge in [0.15, 0.2) is 0 Å². The van der Waals surface area contributed by atoms with E-state index in [4.69, 9.17) is 20.8 Å². The highest BCUT2D eigenvalue weighted by Crippen LogP contribution is 2.27. The molecule has 0 aliphatic carbocycles. The third kappa shape index (κ3) is 5.35. The summed E-state index contributed by atoms with van der Waals surface area (Å²) >= 11 is 5.86. The molecule has 1 aromatic heterocycles. The van der Waals surface area contributed by atoms with Crippen molar-refractivity contribution in [1.29, 1.82) is 0 Å². The molecular weight excluding hydrogens is 468 g/mol. The predicted octanol–water partition coefficient (Wildman–Crippen LogP) is 3.83. The summed E-state index contributed by atoms with van der Waals surface area (Å²) in [6, 6.07) is 13.1. The molecule has 1 N–H and O–H groups in total. The van der Waals surface area contributed by atoms with E-state index in [2.05, 4.69) is 15.5 Å². The molecule has 1 fully saturated rings. The zero-order valence-corrected chi connectivity index (χ0v) is 19.5. The number of hydrogen-bond acceptors (Lipinski definition) is 7. The van der Waals surface area contributed by atoms with Crippen LogP contribution in [0.15, 0.2) is 57.8 Å². The molecule has 11 heteroatoms. The predicted molar refractivity (Wildman–Crippen MR) is 122 cm³/mol. The molecule has 0 radical (unpaired) electrons. The van der Waals surface area contributed by atoms with Crippen LogP contribution in [0.3, 0.4) is 0 Å². The minimum absolute atomic E-state index is 0.0402. The van der Waals surface area contributed by atoms with Gasteiger partial charge in [0.2, 0.25) is 21.8 Å². The average Bonchev–Trinajstić information content (AvgIpc) is 3.28. The molecule has 1 unspecified atom stereocenters. The van der Waals surface area contributed by atoms with E-state index in [0.717, 1.165) is 5.75 Å². The summed E-state index contributed by atoms with van der Waals surface area (Å²) in [5.41, 5.74) is 0.685. The summed E-state index contributed by atoms with van der Waals surface area (Å²) < 4.78 is 38.2. The number of aromatic nitrogens is 2. The van der Waals surface area contributed by atoms with Gasteiger partial charge in [0, 0.05) is 23.7 Å². The fourth-order valence-electron chi connectivity index (χ4n) is 3.59. The summed E-state index contributed by atoms with van der Waals surface area (Å²) in [4.78, 5) is 12.9. The lowest BCUT2D eigenvalue weighted by Crippen LogP contribution is -2.43. The molecule has 4 rings (SSSR count). The molecule has 0 bridgehead atoms. The summed E-state index contributed by atoms with van der Waals surface area (Å²) in [5, 5.41) is 10.9. The van der Waals surface area contributed by atoms with Crippen molar-refractivity contribution in [3.8, 4) is 17.2 Å². The van der Waals surface area contributed by atoms with Crippen molar-refractivity contribution in [1.82, 2.24) is 14.5 Å². The fraction of sp³-hybridized carbons (Fsp3) is 0.318. The number of anilines is 1. The molecule has 174 valence electrons. The van der Waals surface area contributed by atoms with E-state index in [1.807, 2.05) is 6.92 Å². The summed E-state index contributed by atoms with van der Waals surface area (Å²) in [6.45, 7) is 2.88. The molecule has 3 aromatic rings. The molecule has 2 aromatic carbocycles. The number of benzene rings is 2. The van der Waals surface area contributed by atoms with Crippen LogP contribution in [0.1, 0.15) is 19.8 Å². The molecule has 9 nitrogen and oxygen atoms in total. The number of carbonyl (C=O) groups excluding carboxylic acids is 1. The number of carbonyl (C=O) groups is 1. The monoisotopic (exact) mass is 490 g/mol. The highest BCUT2D eigenvalue weighted by molar-refractivity contribution is 7.89. The summed E-state index contributed by atoms with van der Waals surface area (Å²) in [6.07, 6.45) is 1.12. The first-order valence-corrected chi connectivity index (χ1v) is 12.3. The summed E-state index contributed by atoms with van der Waals surface area (Å²) in [5.74, 6) is 0.0724. The first kappa shape index (κ1) is 23.2. The van der Waals surface area contributed by atoms with Gasteiger partial charge in [-0.2, -0.15) is 4.31 Å². The molecule has 33 heavy (non-hydrogen) atoms. The topological polar surface area (TPSA) is 115 Å². The third-order valence-electron chi connectivity index (χ3n) is 5.27. The molecule has 1 atom stereocenters. The maximum Gasteiger partial charge on any atom is 0.322 e. The van der Waals surface area contributed by atoms with E-state index in [0.29, 0.717) is 36.6 Å². The van der Waals surface area contributed by atoms with Crippen LogP contribution in [0, 0.1) is 5.92 Å². The van der Waals surface area contributed by atoms with Crippen molar-refractivity contribution >= 4 is 33.5 Å². The first-order valence-electron chi connectivity index (χ1n) is 10.5. The molecule has 1 saturated heterocycles. The molecule has 2 heterocycles. The molecule has 1 amide bonds. The van der Waals surface area contributed by atoms with Crippen LogP contribution in [-0.2, 0) is 14.8 Å². The number of halogens is 1. The Morgan fingerprint density at radius 2 is 1.91 bits per heavy atom. The number of sulfonamides is 1. The molecule has 1 aliphatic rings. The Hall–Kier alpha value is -2.95. The molecule has 0 spiro atoms. The van der Waals surface area contributed by atoms with Gasteiger partial charge in [0.1, 0.15) is 5.75 Å². The highest BCUT2D eigenvalue weighted by Gasteiger charge is 2.33. The van der Waals surface area contributed by atoms with Crippen LogP contribution in [0.2, 0.25) is 5.02 Å². The number of hydrogen-bond donors (Lipinski definition) is 1. The Morgan fingerprint density at radius 1 is 1.18 bits per heavy atom. The minimum Gasteiger partial charge on any atom is -0.494 e. The molecule has 1 aliphatic heterocycles. The number of rotatable bonds is 7. The third-order valence-corrected chi connectivity index (χ3v) is 7.41. The van der Waals surface area contributed by atoms with Crippen molar-refractivity contribution in [2.75, 3.05) is 25.0 Å². The van der Waals surface area contributed by atoms with Crippen LogP contribution in [-0.4, -0.2) is 48.5 Å². The van der Waals surface area contributed by atoms with E-state index in [9.17, 15) is 13.2 Å². The Labute approximate surface area is 196 Å². The first-order chi connectivity index (χ1) is 15.9. The second-order valence-electron chi connectivity index (χ2n) is 7.52. The Morgan fingerprint density at radius 3 is 2.61 bits per heavy atom. The number of amides is 1. The lowest BCUT2D eigenvalue weighted by molar-refractivity contribution is -0.121. The van der Waals surface area contributed by atoms with Crippen LogP contribution < -0.4 is 10.1 Å². The maximum atomic E-state index is 13.0. The van der Waals surface area contributed by atoms with E-state index < -0.39 is 15.9 Å². The smallest absolute Gasteiger partial charge is 0.322 e. The summed E-state index contributed by atoms with van der Waals surface area (Å²) in [7, 11) is -3.72. The van der Waals surface area contributed by atoms with Gasteiger partial charge in [-0.15, -0.1) is 5.10 Å². The largest absolute Gasteiger partial charge is 0.494 e. The lowest BCUT2D eigenvalue weighted by atomic mass is 9.99. The van der Waals surface area contributed by atoms with Gasteiger partial charge in [0.25, 0.3) is 0 Å². The van der Waals surface area contributed by atoms with Crippen molar-refractivity contribution < 1.29 is 22.4 Å². The highest BCUT2D eigenvalue weighted by atomic mass is 35.5. The number of piperidine rings is 1. The quantitative estimate of drug-likeness (QED) is 0.535. The maximum absolute atomic E-state index is 13.0. The number of ether oxygens (including phenoxy) is 1. The molecular formula is C22H23ClN4O5S. The van der Waals surface area contributed by atoms with E-state index in [-0.39, 0.29) is 29.3 Å². The SMILES string of the molecule is CCOc1ccc(-c2nnc(NC(=O)C3CCCN(S(=O)(=O)c4ccc(Cl)cc4)C3)o2)cc1. The van der Waals surface area contributed by atoms with Crippen LogP contribution in [0.4, 0.5) is 6.01 Å². The van der Waals surface area contributed by atoms with Crippen molar-refractivity contribution in [3.05, 3.63) is 53.6 Å². The zero-order chi connectivity index (χ0) is 23.4. The Kier molecular flexibility index (Phi) is 6.96.